The lowest BCUT2D eigenvalue weighted by molar-refractivity contribution is -0.141. The molecule has 108 valence electrons. The van der Waals surface area contributed by atoms with E-state index in [4.69, 9.17) is 5.73 Å². The van der Waals surface area contributed by atoms with E-state index in [9.17, 15) is 13.2 Å². The quantitative estimate of drug-likeness (QED) is 0.922. The van der Waals surface area contributed by atoms with Crippen molar-refractivity contribution in [1.29, 1.82) is 0 Å². The fourth-order valence-electron chi connectivity index (χ4n) is 1.88. The molecule has 0 saturated heterocycles. The second-order valence-electron chi connectivity index (χ2n) is 4.60. The van der Waals surface area contributed by atoms with Gasteiger partial charge in [-0.3, -0.25) is 0 Å². The van der Waals surface area contributed by atoms with E-state index < -0.39 is 11.9 Å². The van der Waals surface area contributed by atoms with Gasteiger partial charge in [-0.2, -0.15) is 18.3 Å². The molecule has 1 atom stereocenters. The van der Waals surface area contributed by atoms with Crippen molar-refractivity contribution >= 4 is 15.9 Å². The average molecular weight is 348 g/mol. The van der Waals surface area contributed by atoms with Crippen LogP contribution in [0.5, 0.6) is 0 Å². The summed E-state index contributed by atoms with van der Waals surface area (Å²) >= 11 is 3.31. The lowest BCUT2D eigenvalue weighted by Crippen LogP contribution is -2.19. The fraction of sp³-hybridized carbons (Fsp3) is 0.308. The molecule has 0 bridgehead atoms. The topological polar surface area (TPSA) is 43.8 Å². The van der Waals surface area contributed by atoms with Crippen LogP contribution in [-0.4, -0.2) is 15.8 Å². The molecule has 0 amide bonds. The number of hydrogen-bond donors (Lipinski definition) is 1. The van der Waals surface area contributed by atoms with E-state index in [-0.39, 0.29) is 6.04 Å². The Bertz CT molecular complexity index is 605. The molecule has 3 nitrogen and oxygen atoms in total. The molecule has 0 aliphatic carbocycles. The molecule has 0 aliphatic rings. The molecular formula is C13H13BrF3N3. The fourth-order valence-corrected chi connectivity index (χ4v) is 2.23. The van der Waals surface area contributed by atoms with Crippen molar-refractivity contribution in [2.24, 2.45) is 5.73 Å². The lowest BCUT2D eigenvalue weighted by atomic mass is 10.1. The van der Waals surface area contributed by atoms with Crippen LogP contribution in [0, 0.1) is 0 Å². The van der Waals surface area contributed by atoms with Crippen LogP contribution in [0.3, 0.4) is 0 Å². The van der Waals surface area contributed by atoms with Crippen LogP contribution in [0.2, 0.25) is 0 Å². The number of nitrogens with zero attached hydrogens (tertiary/aromatic N) is 2. The second kappa shape index (κ2) is 5.57. The van der Waals surface area contributed by atoms with Crippen molar-refractivity contribution in [3.8, 4) is 5.69 Å². The highest BCUT2D eigenvalue weighted by Crippen LogP contribution is 2.29. The summed E-state index contributed by atoms with van der Waals surface area (Å²) in [4.78, 5) is 0. The third kappa shape index (κ3) is 3.40. The van der Waals surface area contributed by atoms with Gasteiger partial charge in [0.1, 0.15) is 0 Å². The van der Waals surface area contributed by atoms with Gasteiger partial charge < -0.3 is 5.73 Å². The van der Waals surface area contributed by atoms with Crippen molar-refractivity contribution in [2.75, 3.05) is 0 Å². The Morgan fingerprint density at radius 3 is 2.60 bits per heavy atom. The first-order valence-electron chi connectivity index (χ1n) is 5.94. The van der Waals surface area contributed by atoms with Crippen LogP contribution in [0.15, 0.2) is 34.9 Å². The first-order chi connectivity index (χ1) is 9.27. The minimum atomic E-state index is -4.45. The molecule has 1 aromatic heterocycles. The first-order valence-corrected chi connectivity index (χ1v) is 6.74. The predicted octanol–water partition coefficient (Wildman–Crippen LogP) is 3.54. The third-order valence-corrected chi connectivity index (χ3v) is 3.21. The molecule has 0 spiro atoms. The standard InChI is InChI=1S/C13H13BrF3N3/c1-8(18)6-9-2-3-10(14)7-11(9)20-5-4-12(19-20)13(15,16)17/h2-5,7-8H,6,18H2,1H3. The minimum absolute atomic E-state index is 0.0902. The molecular weight excluding hydrogens is 335 g/mol. The van der Waals surface area contributed by atoms with Gasteiger partial charge in [-0.05, 0) is 37.1 Å². The van der Waals surface area contributed by atoms with Crippen molar-refractivity contribution in [3.05, 3.63) is 46.2 Å². The van der Waals surface area contributed by atoms with Crippen LogP contribution >= 0.6 is 15.9 Å². The zero-order chi connectivity index (χ0) is 14.9. The summed E-state index contributed by atoms with van der Waals surface area (Å²) in [5, 5.41) is 3.59. The SMILES string of the molecule is CC(N)Cc1ccc(Br)cc1-n1ccc(C(F)(F)F)n1. The summed E-state index contributed by atoms with van der Waals surface area (Å²) in [6.45, 7) is 1.84. The molecule has 1 unspecified atom stereocenters. The second-order valence-corrected chi connectivity index (χ2v) is 5.51. The van der Waals surface area contributed by atoms with E-state index in [1.807, 2.05) is 19.1 Å². The molecule has 0 radical (unpaired) electrons. The van der Waals surface area contributed by atoms with Crippen LogP contribution < -0.4 is 5.73 Å². The number of alkyl halides is 3. The Kier molecular flexibility index (Phi) is 4.19. The van der Waals surface area contributed by atoms with Gasteiger partial charge in [0.15, 0.2) is 5.69 Å². The van der Waals surface area contributed by atoms with Crippen molar-refractivity contribution in [3.63, 3.8) is 0 Å². The summed E-state index contributed by atoms with van der Waals surface area (Å²) in [6.07, 6.45) is -2.59. The number of nitrogens with two attached hydrogens (primary N) is 1. The Morgan fingerprint density at radius 2 is 2.05 bits per heavy atom. The van der Waals surface area contributed by atoms with Crippen molar-refractivity contribution in [1.82, 2.24) is 9.78 Å². The third-order valence-electron chi connectivity index (χ3n) is 2.72. The monoisotopic (exact) mass is 347 g/mol. The Hall–Kier alpha value is -1.34. The number of rotatable bonds is 3. The summed E-state index contributed by atoms with van der Waals surface area (Å²) in [7, 11) is 0. The lowest BCUT2D eigenvalue weighted by Gasteiger charge is -2.12. The number of aromatic nitrogens is 2. The number of benzene rings is 1. The number of hydrogen-bond acceptors (Lipinski definition) is 2. The maximum atomic E-state index is 12.6. The Morgan fingerprint density at radius 1 is 1.35 bits per heavy atom. The molecule has 2 aromatic rings. The molecule has 2 rings (SSSR count). The predicted molar refractivity (Wildman–Crippen MR) is 73.6 cm³/mol. The molecule has 0 fully saturated rings. The molecule has 2 N–H and O–H groups in total. The molecule has 7 heteroatoms. The maximum absolute atomic E-state index is 12.6. The van der Waals surface area contributed by atoms with Gasteiger partial charge in [-0.1, -0.05) is 22.0 Å². The van der Waals surface area contributed by atoms with E-state index in [0.717, 1.165) is 16.1 Å². The Balaban J connectivity index is 2.45. The summed E-state index contributed by atoms with van der Waals surface area (Å²) in [5.74, 6) is 0. The smallest absolute Gasteiger partial charge is 0.328 e. The highest BCUT2D eigenvalue weighted by Gasteiger charge is 2.33. The summed E-state index contributed by atoms with van der Waals surface area (Å²) in [6, 6.07) is 6.25. The van der Waals surface area contributed by atoms with Crippen molar-refractivity contribution in [2.45, 2.75) is 25.6 Å². The highest BCUT2D eigenvalue weighted by molar-refractivity contribution is 9.10. The van der Waals surface area contributed by atoms with Crippen LogP contribution in [-0.2, 0) is 12.6 Å². The molecule has 20 heavy (non-hydrogen) atoms. The highest BCUT2D eigenvalue weighted by atomic mass is 79.9. The van der Waals surface area contributed by atoms with E-state index in [2.05, 4.69) is 21.0 Å². The zero-order valence-electron chi connectivity index (χ0n) is 10.7. The normalized spacial score (nSPS) is 13.5. The van der Waals surface area contributed by atoms with Gasteiger partial charge in [0.25, 0.3) is 0 Å². The van der Waals surface area contributed by atoms with Gasteiger partial charge in [-0.15, -0.1) is 0 Å². The Labute approximate surface area is 122 Å². The van der Waals surface area contributed by atoms with Gasteiger partial charge >= 0.3 is 6.18 Å². The average Bonchev–Trinajstić information content (AvgIpc) is 2.80. The summed E-state index contributed by atoms with van der Waals surface area (Å²) in [5.41, 5.74) is 6.29. The van der Waals surface area contributed by atoms with Crippen LogP contribution in [0.25, 0.3) is 5.69 Å². The molecule has 0 aliphatic heterocycles. The van der Waals surface area contributed by atoms with Gasteiger partial charge in [0, 0.05) is 16.7 Å². The maximum Gasteiger partial charge on any atom is 0.435 e. The van der Waals surface area contributed by atoms with E-state index in [1.165, 1.54) is 10.9 Å². The van der Waals surface area contributed by atoms with E-state index >= 15 is 0 Å². The van der Waals surface area contributed by atoms with Crippen molar-refractivity contribution < 1.29 is 13.2 Å². The number of halogens is 4. The molecule has 0 saturated carbocycles. The van der Waals surface area contributed by atoms with Gasteiger partial charge in [0.05, 0.1) is 5.69 Å². The van der Waals surface area contributed by atoms with E-state index in [0.29, 0.717) is 12.1 Å². The largest absolute Gasteiger partial charge is 0.435 e. The molecule has 1 heterocycles. The van der Waals surface area contributed by atoms with Gasteiger partial charge in [0.2, 0.25) is 0 Å². The van der Waals surface area contributed by atoms with E-state index in [1.54, 1.807) is 6.07 Å². The summed E-state index contributed by atoms with van der Waals surface area (Å²) < 4.78 is 39.8. The minimum Gasteiger partial charge on any atom is -0.328 e. The zero-order valence-corrected chi connectivity index (χ0v) is 12.2. The molecule has 1 aromatic carbocycles. The van der Waals surface area contributed by atoms with Gasteiger partial charge in [-0.25, -0.2) is 4.68 Å². The van der Waals surface area contributed by atoms with Crippen LogP contribution in [0.1, 0.15) is 18.2 Å². The van der Waals surface area contributed by atoms with Crippen LogP contribution in [0.4, 0.5) is 13.2 Å². The first kappa shape index (κ1) is 15.1.